The van der Waals surface area contributed by atoms with Gasteiger partial charge in [0.05, 0.1) is 0 Å². The Bertz CT molecular complexity index is 123. The van der Waals surface area contributed by atoms with Crippen LogP contribution >= 0.6 is 0 Å². The summed E-state index contributed by atoms with van der Waals surface area (Å²) in [6.07, 6.45) is 12.8. The van der Waals surface area contributed by atoms with Crippen molar-refractivity contribution in [3.05, 3.63) is 12.7 Å². The van der Waals surface area contributed by atoms with Gasteiger partial charge in [-0.2, -0.15) is 0 Å². The third-order valence-electron chi connectivity index (χ3n) is 3.87. The first-order chi connectivity index (χ1) is 6.74. The highest BCUT2D eigenvalue weighted by Crippen LogP contribution is 2.36. The zero-order chi connectivity index (χ0) is 10.9. The highest BCUT2D eigenvalue weighted by Gasteiger charge is 2.22. The van der Waals surface area contributed by atoms with Crippen molar-refractivity contribution in [2.75, 3.05) is 0 Å². The van der Waals surface area contributed by atoms with Crippen LogP contribution in [0.5, 0.6) is 0 Å². The molecule has 84 valence electrons. The van der Waals surface area contributed by atoms with Crippen molar-refractivity contribution in [1.82, 2.24) is 0 Å². The Morgan fingerprint density at radius 3 is 1.93 bits per heavy atom. The molecular weight excluding hydrogens is 168 g/mol. The van der Waals surface area contributed by atoms with E-state index in [1.54, 1.807) is 0 Å². The van der Waals surface area contributed by atoms with Crippen molar-refractivity contribution in [3.8, 4) is 0 Å². The lowest BCUT2D eigenvalue weighted by Gasteiger charge is -2.30. The minimum Gasteiger partial charge on any atom is -0.103 e. The summed E-state index contributed by atoms with van der Waals surface area (Å²) >= 11 is 0. The van der Waals surface area contributed by atoms with E-state index in [0.29, 0.717) is 5.41 Å². The van der Waals surface area contributed by atoms with Crippen molar-refractivity contribution in [3.63, 3.8) is 0 Å². The molecule has 0 aliphatic heterocycles. The molecule has 0 spiro atoms. The summed E-state index contributed by atoms with van der Waals surface area (Å²) in [6.45, 7) is 10.8. The van der Waals surface area contributed by atoms with E-state index in [1.807, 2.05) is 6.08 Å². The molecule has 0 heteroatoms. The Hall–Kier alpha value is -0.260. The van der Waals surface area contributed by atoms with Crippen LogP contribution in [0.15, 0.2) is 12.7 Å². The monoisotopic (exact) mass is 196 g/mol. The molecule has 0 aliphatic rings. The van der Waals surface area contributed by atoms with E-state index in [9.17, 15) is 0 Å². The molecular formula is C14H28. The number of allylic oxidation sites excluding steroid dienone is 1. The molecule has 0 saturated carbocycles. The fraction of sp³-hybridized carbons (Fsp3) is 0.857. The number of hydrogen-bond acceptors (Lipinski definition) is 0. The van der Waals surface area contributed by atoms with Gasteiger partial charge in [-0.15, -0.1) is 6.58 Å². The van der Waals surface area contributed by atoms with Crippen molar-refractivity contribution >= 4 is 0 Å². The Balaban J connectivity index is 3.65. The topological polar surface area (TPSA) is 0 Å². The fourth-order valence-electron chi connectivity index (χ4n) is 2.25. The predicted octanol–water partition coefficient (Wildman–Crippen LogP) is 5.34. The van der Waals surface area contributed by atoms with Gasteiger partial charge in [-0.1, -0.05) is 59.0 Å². The number of unbranched alkanes of at least 4 members (excludes halogenated alkanes) is 3. The quantitative estimate of drug-likeness (QED) is 0.345. The van der Waals surface area contributed by atoms with Gasteiger partial charge in [-0.3, -0.25) is 0 Å². The maximum Gasteiger partial charge on any atom is -0.0305 e. The van der Waals surface area contributed by atoms with Gasteiger partial charge in [0.1, 0.15) is 0 Å². The van der Waals surface area contributed by atoms with E-state index >= 15 is 0 Å². The normalized spacial score (nSPS) is 11.6. The average molecular weight is 196 g/mol. The second kappa shape index (κ2) is 8.08. The standard InChI is InChI=1S/C14H28/c1-5-9-10-11-12-13-14(6-2,7-3)8-4/h5H,1,6-13H2,2-4H3. The summed E-state index contributed by atoms with van der Waals surface area (Å²) in [5, 5.41) is 0. The van der Waals surface area contributed by atoms with Gasteiger partial charge in [0.25, 0.3) is 0 Å². The first-order valence-electron chi connectivity index (χ1n) is 6.35. The molecule has 0 saturated heterocycles. The number of hydrogen-bond donors (Lipinski definition) is 0. The fourth-order valence-corrected chi connectivity index (χ4v) is 2.25. The van der Waals surface area contributed by atoms with Crippen molar-refractivity contribution in [2.24, 2.45) is 5.41 Å². The Labute approximate surface area is 90.8 Å². The Morgan fingerprint density at radius 2 is 1.50 bits per heavy atom. The summed E-state index contributed by atoms with van der Waals surface area (Å²) in [5.41, 5.74) is 0.647. The van der Waals surface area contributed by atoms with E-state index < -0.39 is 0 Å². The van der Waals surface area contributed by atoms with Crippen molar-refractivity contribution < 1.29 is 0 Å². The molecule has 0 atom stereocenters. The molecule has 0 nitrogen and oxygen atoms in total. The summed E-state index contributed by atoms with van der Waals surface area (Å²) < 4.78 is 0. The molecule has 14 heavy (non-hydrogen) atoms. The highest BCUT2D eigenvalue weighted by atomic mass is 14.3. The molecule has 0 N–H and O–H groups in total. The van der Waals surface area contributed by atoms with E-state index in [1.165, 1.54) is 51.4 Å². The molecule has 0 unspecified atom stereocenters. The molecule has 0 fully saturated rings. The molecule has 0 radical (unpaired) electrons. The van der Waals surface area contributed by atoms with E-state index in [-0.39, 0.29) is 0 Å². The van der Waals surface area contributed by atoms with Gasteiger partial charge >= 0.3 is 0 Å². The van der Waals surface area contributed by atoms with Gasteiger partial charge in [0, 0.05) is 0 Å². The van der Waals surface area contributed by atoms with Crippen LogP contribution in [0.2, 0.25) is 0 Å². The van der Waals surface area contributed by atoms with Crippen LogP contribution in [0, 0.1) is 5.41 Å². The largest absolute Gasteiger partial charge is 0.103 e. The lowest BCUT2D eigenvalue weighted by Crippen LogP contribution is -2.17. The molecule has 0 aromatic heterocycles. The highest BCUT2D eigenvalue weighted by molar-refractivity contribution is 4.75. The van der Waals surface area contributed by atoms with E-state index in [0.717, 1.165) is 0 Å². The second-order valence-electron chi connectivity index (χ2n) is 4.45. The van der Waals surface area contributed by atoms with E-state index in [4.69, 9.17) is 0 Å². The van der Waals surface area contributed by atoms with Gasteiger partial charge in [-0.05, 0) is 24.7 Å². The first-order valence-corrected chi connectivity index (χ1v) is 6.35. The number of rotatable bonds is 9. The Morgan fingerprint density at radius 1 is 0.929 bits per heavy atom. The second-order valence-corrected chi connectivity index (χ2v) is 4.45. The molecule has 0 heterocycles. The van der Waals surface area contributed by atoms with Gasteiger partial charge < -0.3 is 0 Å². The average Bonchev–Trinajstić information content (AvgIpc) is 2.24. The van der Waals surface area contributed by atoms with Crippen LogP contribution in [0.25, 0.3) is 0 Å². The van der Waals surface area contributed by atoms with Crippen molar-refractivity contribution in [1.29, 1.82) is 0 Å². The van der Waals surface area contributed by atoms with E-state index in [2.05, 4.69) is 27.4 Å². The van der Waals surface area contributed by atoms with Gasteiger partial charge in [0.2, 0.25) is 0 Å². The molecule has 0 aromatic rings. The SMILES string of the molecule is C=CCCCCCC(CC)(CC)CC. The van der Waals surface area contributed by atoms with Crippen LogP contribution in [-0.2, 0) is 0 Å². The summed E-state index contributed by atoms with van der Waals surface area (Å²) in [4.78, 5) is 0. The van der Waals surface area contributed by atoms with Crippen LogP contribution < -0.4 is 0 Å². The molecule has 0 aromatic carbocycles. The zero-order valence-corrected chi connectivity index (χ0v) is 10.4. The molecule has 0 bridgehead atoms. The summed E-state index contributed by atoms with van der Waals surface area (Å²) in [6, 6.07) is 0. The smallest absolute Gasteiger partial charge is 0.0305 e. The zero-order valence-electron chi connectivity index (χ0n) is 10.4. The molecule has 0 aliphatic carbocycles. The maximum absolute atomic E-state index is 3.76. The van der Waals surface area contributed by atoms with Gasteiger partial charge in [0.15, 0.2) is 0 Å². The molecule has 0 rings (SSSR count). The van der Waals surface area contributed by atoms with Crippen LogP contribution in [-0.4, -0.2) is 0 Å². The van der Waals surface area contributed by atoms with Crippen molar-refractivity contribution in [2.45, 2.75) is 72.1 Å². The first kappa shape index (κ1) is 13.7. The predicted molar refractivity (Wildman–Crippen MR) is 66.6 cm³/mol. The summed E-state index contributed by atoms with van der Waals surface area (Å²) in [7, 11) is 0. The lowest BCUT2D eigenvalue weighted by molar-refractivity contribution is 0.220. The summed E-state index contributed by atoms with van der Waals surface area (Å²) in [5.74, 6) is 0. The molecule has 0 amide bonds. The maximum atomic E-state index is 3.76. The van der Waals surface area contributed by atoms with Crippen LogP contribution in [0.3, 0.4) is 0 Å². The lowest BCUT2D eigenvalue weighted by atomic mass is 9.75. The minimum absolute atomic E-state index is 0.647. The van der Waals surface area contributed by atoms with Crippen LogP contribution in [0.1, 0.15) is 72.1 Å². The van der Waals surface area contributed by atoms with Crippen LogP contribution in [0.4, 0.5) is 0 Å². The Kier molecular flexibility index (Phi) is 7.93. The third-order valence-corrected chi connectivity index (χ3v) is 3.87. The van der Waals surface area contributed by atoms with Gasteiger partial charge in [-0.25, -0.2) is 0 Å². The minimum atomic E-state index is 0.647. The third kappa shape index (κ3) is 4.83.